The van der Waals surface area contributed by atoms with Crippen LogP contribution in [-0.4, -0.2) is 57.7 Å². The molecule has 0 aromatic carbocycles. The van der Waals surface area contributed by atoms with Gasteiger partial charge in [0.2, 0.25) is 0 Å². The third-order valence-corrected chi connectivity index (χ3v) is 5.51. The number of amides is 1. The summed E-state index contributed by atoms with van der Waals surface area (Å²) in [5.74, 6) is 1.13. The van der Waals surface area contributed by atoms with Crippen molar-refractivity contribution in [3.63, 3.8) is 0 Å². The number of rotatable bonds is 6. The van der Waals surface area contributed by atoms with Crippen molar-refractivity contribution >= 4 is 5.91 Å². The molecule has 150 valence electrons. The average molecular weight is 393 g/mol. The molecule has 0 radical (unpaired) electrons. The smallest absolute Gasteiger partial charge is 0.259 e. The zero-order valence-corrected chi connectivity index (χ0v) is 16.3. The fraction of sp³-hybridized carbons (Fsp3) is 0.381. The summed E-state index contributed by atoms with van der Waals surface area (Å²) in [7, 11) is 1.69. The van der Waals surface area contributed by atoms with Crippen LogP contribution in [0, 0.1) is 0 Å². The van der Waals surface area contributed by atoms with Crippen LogP contribution in [0.25, 0.3) is 11.5 Å². The van der Waals surface area contributed by atoms with E-state index in [1.807, 2.05) is 17.0 Å². The van der Waals surface area contributed by atoms with Crippen LogP contribution in [0.5, 0.6) is 0 Å². The molecule has 1 aliphatic rings. The Kier molecular flexibility index (Phi) is 5.62. The Morgan fingerprint density at radius 3 is 2.59 bits per heavy atom. The summed E-state index contributed by atoms with van der Waals surface area (Å²) in [6.45, 7) is 1.83. The molecule has 0 spiro atoms. The molecule has 8 heteroatoms. The Morgan fingerprint density at radius 2 is 1.93 bits per heavy atom. The lowest BCUT2D eigenvalue weighted by atomic mass is 9.75. The van der Waals surface area contributed by atoms with Crippen LogP contribution in [0.3, 0.4) is 0 Å². The third kappa shape index (κ3) is 4.02. The van der Waals surface area contributed by atoms with E-state index in [2.05, 4.69) is 20.1 Å². The fourth-order valence-corrected chi connectivity index (χ4v) is 3.74. The van der Waals surface area contributed by atoms with E-state index in [9.17, 15) is 4.79 Å². The minimum Gasteiger partial charge on any atom is -0.385 e. The van der Waals surface area contributed by atoms with Crippen molar-refractivity contribution in [3.05, 3.63) is 60.4 Å². The molecule has 0 unspecified atom stereocenters. The molecule has 0 saturated carbocycles. The molecule has 0 N–H and O–H groups in total. The number of nitrogens with zero attached hydrogens (tertiary/aromatic N) is 5. The minimum atomic E-state index is -0.286. The summed E-state index contributed by atoms with van der Waals surface area (Å²) in [6, 6.07) is 7.30. The number of hydrogen-bond donors (Lipinski definition) is 0. The van der Waals surface area contributed by atoms with E-state index in [0.717, 1.165) is 24.8 Å². The summed E-state index contributed by atoms with van der Waals surface area (Å²) in [4.78, 5) is 27.4. The van der Waals surface area contributed by atoms with Crippen LogP contribution in [0.4, 0.5) is 0 Å². The zero-order chi connectivity index (χ0) is 20.1. The maximum absolute atomic E-state index is 12.8. The maximum atomic E-state index is 12.8. The van der Waals surface area contributed by atoms with Crippen molar-refractivity contribution in [2.24, 2.45) is 0 Å². The molecule has 0 aliphatic carbocycles. The molecule has 29 heavy (non-hydrogen) atoms. The highest BCUT2D eigenvalue weighted by Gasteiger charge is 2.41. The number of hydrogen-bond acceptors (Lipinski definition) is 7. The molecule has 0 bridgehead atoms. The largest absolute Gasteiger partial charge is 0.385 e. The molecule has 1 aliphatic heterocycles. The number of carbonyl (C=O) groups excluding carboxylic acids is 1. The topological polar surface area (TPSA) is 94.2 Å². The van der Waals surface area contributed by atoms with Crippen molar-refractivity contribution in [3.8, 4) is 11.5 Å². The lowest BCUT2D eigenvalue weighted by Gasteiger charge is -2.39. The highest BCUT2D eigenvalue weighted by Crippen LogP contribution is 2.38. The third-order valence-electron chi connectivity index (χ3n) is 5.51. The molecule has 1 saturated heterocycles. The van der Waals surface area contributed by atoms with Gasteiger partial charge in [0.15, 0.2) is 5.82 Å². The average Bonchev–Trinajstić information content (AvgIpc) is 3.30. The van der Waals surface area contributed by atoms with Gasteiger partial charge in [-0.3, -0.25) is 14.8 Å². The molecule has 4 rings (SSSR count). The van der Waals surface area contributed by atoms with E-state index in [1.165, 1.54) is 0 Å². The fourth-order valence-electron chi connectivity index (χ4n) is 3.74. The van der Waals surface area contributed by atoms with Gasteiger partial charge in [0, 0.05) is 57.0 Å². The molecular formula is C21H23N5O3. The number of methoxy groups -OCH3 is 1. The van der Waals surface area contributed by atoms with E-state index >= 15 is 0 Å². The van der Waals surface area contributed by atoms with Gasteiger partial charge in [-0.05, 0) is 43.5 Å². The van der Waals surface area contributed by atoms with E-state index in [0.29, 0.717) is 37.0 Å². The number of carbonyl (C=O) groups is 1. The van der Waals surface area contributed by atoms with Crippen molar-refractivity contribution < 1.29 is 14.1 Å². The first-order valence-corrected chi connectivity index (χ1v) is 9.65. The first-order chi connectivity index (χ1) is 14.2. The van der Waals surface area contributed by atoms with E-state index in [4.69, 9.17) is 9.26 Å². The number of piperidine rings is 1. The van der Waals surface area contributed by atoms with Crippen molar-refractivity contribution in [1.82, 2.24) is 25.0 Å². The van der Waals surface area contributed by atoms with Crippen LogP contribution >= 0.6 is 0 Å². The predicted molar refractivity (Wildman–Crippen MR) is 105 cm³/mol. The molecule has 0 atom stereocenters. The predicted octanol–water partition coefficient (Wildman–Crippen LogP) is 2.74. The van der Waals surface area contributed by atoms with Crippen LogP contribution in [-0.2, 0) is 10.2 Å². The highest BCUT2D eigenvalue weighted by molar-refractivity contribution is 5.93. The second-order valence-electron chi connectivity index (χ2n) is 7.22. The van der Waals surface area contributed by atoms with Crippen molar-refractivity contribution in [1.29, 1.82) is 0 Å². The number of pyridine rings is 2. The van der Waals surface area contributed by atoms with Crippen LogP contribution in [0.15, 0.2) is 53.6 Å². The number of aromatic nitrogens is 4. The molecular weight excluding hydrogens is 370 g/mol. The van der Waals surface area contributed by atoms with Crippen LogP contribution in [0.2, 0.25) is 0 Å². The lowest BCUT2D eigenvalue weighted by Crippen LogP contribution is -2.46. The Balaban J connectivity index is 1.53. The minimum absolute atomic E-state index is 0.00241. The van der Waals surface area contributed by atoms with Gasteiger partial charge in [-0.2, -0.15) is 4.98 Å². The highest BCUT2D eigenvalue weighted by atomic mass is 16.5. The number of likely N-dealkylation sites (tertiary alicyclic amines) is 1. The first kappa shape index (κ1) is 19.2. The Morgan fingerprint density at radius 1 is 1.17 bits per heavy atom. The Labute approximate surface area is 168 Å². The SMILES string of the molecule is COCCC1(c2noc(-c3cccnc3)n2)CCN(C(=O)c2cccnc2)CC1. The summed E-state index contributed by atoms with van der Waals surface area (Å²) in [5.41, 5.74) is 1.11. The maximum Gasteiger partial charge on any atom is 0.259 e. The monoisotopic (exact) mass is 393 g/mol. The van der Waals surface area contributed by atoms with Crippen LogP contribution in [0.1, 0.15) is 35.4 Å². The van der Waals surface area contributed by atoms with E-state index < -0.39 is 0 Å². The molecule has 1 amide bonds. The lowest BCUT2D eigenvalue weighted by molar-refractivity contribution is 0.0616. The standard InChI is InChI=1S/C21H23N5O3/c1-28-13-8-21(20-24-18(29-25-20)16-4-2-9-22-14-16)6-11-26(12-7-21)19(27)17-5-3-10-23-15-17/h2-5,9-10,14-15H,6-8,11-13H2,1H3. The van der Waals surface area contributed by atoms with Gasteiger partial charge in [-0.1, -0.05) is 5.16 Å². The molecule has 4 heterocycles. The van der Waals surface area contributed by atoms with Gasteiger partial charge in [0.1, 0.15) is 0 Å². The van der Waals surface area contributed by atoms with Gasteiger partial charge < -0.3 is 14.2 Å². The summed E-state index contributed by atoms with van der Waals surface area (Å²) >= 11 is 0. The van der Waals surface area contributed by atoms with Crippen molar-refractivity contribution in [2.75, 3.05) is 26.8 Å². The first-order valence-electron chi connectivity index (χ1n) is 9.65. The normalized spacial score (nSPS) is 16.0. The zero-order valence-electron chi connectivity index (χ0n) is 16.3. The van der Waals surface area contributed by atoms with Gasteiger partial charge in [-0.15, -0.1) is 0 Å². The van der Waals surface area contributed by atoms with Gasteiger partial charge in [0.25, 0.3) is 11.8 Å². The second-order valence-corrected chi connectivity index (χ2v) is 7.22. The number of ether oxygens (including phenoxy) is 1. The van der Waals surface area contributed by atoms with Gasteiger partial charge >= 0.3 is 0 Å². The Bertz CT molecular complexity index is 937. The van der Waals surface area contributed by atoms with E-state index in [1.54, 1.807) is 44.0 Å². The van der Waals surface area contributed by atoms with E-state index in [-0.39, 0.29) is 11.3 Å². The molecule has 3 aromatic rings. The van der Waals surface area contributed by atoms with Gasteiger partial charge in [0.05, 0.1) is 11.1 Å². The molecule has 3 aromatic heterocycles. The van der Waals surface area contributed by atoms with Crippen molar-refractivity contribution in [2.45, 2.75) is 24.7 Å². The molecule has 8 nitrogen and oxygen atoms in total. The summed E-state index contributed by atoms with van der Waals surface area (Å²) < 4.78 is 10.9. The Hall–Kier alpha value is -3.13. The quantitative estimate of drug-likeness (QED) is 0.635. The van der Waals surface area contributed by atoms with Gasteiger partial charge in [-0.25, -0.2) is 0 Å². The van der Waals surface area contributed by atoms with Crippen LogP contribution < -0.4 is 0 Å². The summed E-state index contributed by atoms with van der Waals surface area (Å²) in [6.07, 6.45) is 8.94. The molecule has 1 fully saturated rings. The summed E-state index contributed by atoms with van der Waals surface area (Å²) in [5, 5.41) is 4.29. The second kappa shape index (κ2) is 8.48.